The number of carbonyl (C=O) groups excluding carboxylic acids is 5. The van der Waals surface area contributed by atoms with E-state index in [0.29, 0.717) is 17.7 Å². The van der Waals surface area contributed by atoms with Crippen molar-refractivity contribution in [1.82, 2.24) is 41.4 Å². The molecule has 26 nitrogen and oxygen atoms in total. The minimum atomic E-state index is -1.30. The van der Waals surface area contributed by atoms with Crippen LogP contribution in [0, 0.1) is 17.8 Å². The molecule has 0 radical (unpaired) electrons. The Kier molecular flexibility index (Phi) is 25.9. The second-order valence-electron chi connectivity index (χ2n) is 16.6. The largest absolute Gasteiger partial charge is 0.494 e. The number of rotatable bonds is 29. The van der Waals surface area contributed by atoms with Gasteiger partial charge in [0.05, 0.1) is 45.2 Å². The highest BCUT2D eigenvalue weighted by Gasteiger charge is 2.37. The van der Waals surface area contributed by atoms with Crippen LogP contribution in [0.1, 0.15) is 51.5 Å². The molecule has 2 aliphatic heterocycles. The van der Waals surface area contributed by atoms with Gasteiger partial charge in [0.2, 0.25) is 29.5 Å². The molecule has 0 saturated heterocycles. The highest BCUT2D eigenvalue weighted by atomic mass is 16.5. The summed E-state index contributed by atoms with van der Waals surface area (Å²) in [7, 11) is 0. The van der Waals surface area contributed by atoms with Crippen molar-refractivity contribution in [1.29, 1.82) is 0 Å². The molecule has 3 rings (SSSR count). The van der Waals surface area contributed by atoms with Crippen LogP contribution in [-0.2, 0) is 49.6 Å². The number of benzene rings is 1. The average Bonchev–Trinajstić information content (AvgIpc) is 3.25. The van der Waals surface area contributed by atoms with Crippen LogP contribution in [-0.4, -0.2) is 197 Å². The Balaban J connectivity index is 2.27. The summed E-state index contributed by atoms with van der Waals surface area (Å²) in [6.07, 6.45) is 1.03. The van der Waals surface area contributed by atoms with E-state index in [9.17, 15) is 68.8 Å². The first-order valence-corrected chi connectivity index (χ1v) is 22.1. The highest BCUT2D eigenvalue weighted by Crippen LogP contribution is 2.27. The summed E-state index contributed by atoms with van der Waals surface area (Å²) in [6.45, 7) is 0.483. The fourth-order valence-electron chi connectivity index (χ4n) is 7.34. The highest BCUT2D eigenvalue weighted by molar-refractivity contribution is 5.94. The van der Waals surface area contributed by atoms with E-state index < -0.39 is 104 Å². The van der Waals surface area contributed by atoms with Crippen LogP contribution in [0.3, 0.4) is 0 Å². The molecule has 0 aromatic heterocycles. The van der Waals surface area contributed by atoms with Gasteiger partial charge in [0.25, 0.3) is 0 Å². The summed E-state index contributed by atoms with van der Waals surface area (Å²) >= 11 is 0. The van der Waals surface area contributed by atoms with E-state index in [-0.39, 0.29) is 103 Å². The number of fused-ring (bicyclic) bond motifs is 11. The van der Waals surface area contributed by atoms with Gasteiger partial charge in [-0.25, -0.2) is 5.48 Å². The normalized spacial score (nSPS) is 16.8. The zero-order valence-corrected chi connectivity index (χ0v) is 38.4. The van der Waals surface area contributed by atoms with Crippen molar-refractivity contribution in [3.63, 3.8) is 0 Å². The van der Waals surface area contributed by atoms with Crippen LogP contribution >= 0.6 is 0 Å². The van der Waals surface area contributed by atoms with Crippen molar-refractivity contribution in [2.24, 2.45) is 34.2 Å². The van der Waals surface area contributed by atoms with Crippen molar-refractivity contribution in [3.05, 3.63) is 29.8 Å². The third-order valence-electron chi connectivity index (χ3n) is 10.5. The van der Waals surface area contributed by atoms with Gasteiger partial charge in [0.15, 0.2) is 5.96 Å². The van der Waals surface area contributed by atoms with E-state index in [1.807, 2.05) is 13.8 Å². The number of nitrogens with zero attached hydrogens (tertiary/aromatic N) is 4. The lowest BCUT2D eigenvalue weighted by Crippen LogP contribution is -2.56. The number of nitrogens with one attached hydrogen (secondary N) is 5. The maximum atomic E-state index is 14.2. The molecule has 26 heteroatoms. The lowest BCUT2D eigenvalue weighted by Gasteiger charge is -2.29. The van der Waals surface area contributed by atoms with Crippen molar-refractivity contribution >= 4 is 59.4 Å². The number of aliphatic imine (C=N–C) groups is 1. The van der Waals surface area contributed by atoms with E-state index in [1.54, 1.807) is 29.7 Å². The topological polar surface area (TPSA) is 398 Å². The van der Waals surface area contributed by atoms with E-state index in [4.69, 9.17) is 16.2 Å². The van der Waals surface area contributed by atoms with Gasteiger partial charge in [-0.3, -0.25) is 68.1 Å². The summed E-state index contributed by atoms with van der Waals surface area (Å²) in [5, 5.41) is 57.4. The predicted molar refractivity (Wildman–Crippen MR) is 241 cm³/mol. The number of nitrogens with two attached hydrogens (primary N) is 2. The zero-order valence-electron chi connectivity index (χ0n) is 38.4. The Bertz CT molecular complexity index is 1810. The first kappa shape index (κ1) is 57.5. The zero-order chi connectivity index (χ0) is 50.8. The minimum absolute atomic E-state index is 0.0250. The molecule has 0 fully saturated rings. The number of ether oxygens (including phenoxy) is 1. The number of carboxylic acid groups (broad SMARTS) is 4. The number of guanidine groups is 1. The Morgan fingerprint density at radius 2 is 1.34 bits per heavy atom. The molecular formula is C42H67N11O15. The Labute approximate surface area is 393 Å². The quantitative estimate of drug-likeness (QED) is 0.0123. The number of hydroxylamine groups is 1. The minimum Gasteiger partial charge on any atom is -0.494 e. The molecule has 14 N–H and O–H groups in total. The van der Waals surface area contributed by atoms with E-state index in [1.165, 1.54) is 4.90 Å². The van der Waals surface area contributed by atoms with Gasteiger partial charge < -0.3 is 57.9 Å². The monoisotopic (exact) mass is 965 g/mol. The maximum Gasteiger partial charge on any atom is 0.317 e. The van der Waals surface area contributed by atoms with Crippen molar-refractivity contribution in [3.8, 4) is 5.75 Å². The third kappa shape index (κ3) is 23.7. The second kappa shape index (κ2) is 30.6. The molecule has 0 saturated carbocycles. The smallest absolute Gasteiger partial charge is 0.317 e. The Morgan fingerprint density at radius 1 is 0.794 bits per heavy atom. The molecule has 1 aromatic carbocycles. The molecule has 380 valence electrons. The van der Waals surface area contributed by atoms with Crippen LogP contribution in [0.2, 0.25) is 0 Å². The standard InChI is InChI=1S/C42H67N11O15/c1-26(2)19-30-29(39(64)50-67)5-4-18-68-28-9-7-27(8-10-28)20-32(49-38(30)63)41(66)48-31(6-3-11-47-42(43)44)40(65)46-13-12-45-33(54)21-51(14-16-52(22-34(55)56)23-35(57)58)15-17-53(24-36(59)60)25-37(61)62/h7-10,26,29-32,67H,3-6,11-25H2,1-2H3,(H,45,54)(H,46,65)(H,48,66)(H,49,63)(H,50,64)(H,55,56)(H,57,58)(H,59,60)(H,61,62)(H4,43,44,47)/t29?,30-,31+,32?/m1/s1. The fourth-order valence-corrected chi connectivity index (χ4v) is 7.34. The van der Waals surface area contributed by atoms with Gasteiger partial charge >= 0.3 is 23.9 Å². The van der Waals surface area contributed by atoms with Gasteiger partial charge in [-0.05, 0) is 55.7 Å². The van der Waals surface area contributed by atoms with Crippen LogP contribution < -0.4 is 43.0 Å². The second-order valence-corrected chi connectivity index (χ2v) is 16.6. The number of carbonyl (C=O) groups is 9. The number of carboxylic acids is 4. The number of amides is 5. The van der Waals surface area contributed by atoms with E-state index in [0.717, 1.165) is 9.80 Å². The fraction of sp³-hybridized carbons (Fsp3) is 0.619. The molecule has 2 bridgehead atoms. The van der Waals surface area contributed by atoms with Crippen molar-refractivity contribution in [2.45, 2.75) is 64.5 Å². The lowest BCUT2D eigenvalue weighted by atomic mass is 9.81. The Hall–Kier alpha value is -6.64. The molecule has 68 heavy (non-hydrogen) atoms. The number of aliphatic carboxylic acids is 4. The molecule has 2 heterocycles. The predicted octanol–water partition coefficient (Wildman–Crippen LogP) is -3.31. The maximum absolute atomic E-state index is 14.2. The number of hydrogen-bond donors (Lipinski definition) is 12. The van der Waals surface area contributed by atoms with Gasteiger partial charge in [0, 0.05) is 58.2 Å². The average molecular weight is 966 g/mol. The first-order chi connectivity index (χ1) is 32.2. The molecule has 2 unspecified atom stereocenters. The molecule has 5 amide bonds. The molecule has 1 aromatic rings. The molecule has 4 atom stereocenters. The summed E-state index contributed by atoms with van der Waals surface area (Å²) < 4.78 is 5.83. The summed E-state index contributed by atoms with van der Waals surface area (Å²) in [5.41, 5.74) is 13.2. The summed E-state index contributed by atoms with van der Waals surface area (Å²) in [6, 6.07) is 4.40. The number of hydrogen-bond acceptors (Lipinski definition) is 15. The molecule has 0 aliphatic carbocycles. The molecule has 0 spiro atoms. The van der Waals surface area contributed by atoms with Crippen LogP contribution in [0.25, 0.3) is 0 Å². The van der Waals surface area contributed by atoms with E-state index >= 15 is 0 Å². The van der Waals surface area contributed by atoms with Gasteiger partial charge in [-0.1, -0.05) is 26.0 Å². The van der Waals surface area contributed by atoms with Gasteiger partial charge in [-0.15, -0.1) is 0 Å². The van der Waals surface area contributed by atoms with Crippen molar-refractivity contribution < 1.29 is 73.5 Å². The van der Waals surface area contributed by atoms with Crippen LogP contribution in [0.5, 0.6) is 5.75 Å². The van der Waals surface area contributed by atoms with Gasteiger partial charge in [-0.2, -0.15) is 0 Å². The van der Waals surface area contributed by atoms with Gasteiger partial charge in [0.1, 0.15) is 17.8 Å². The SMILES string of the molecule is CC(C)C[C@H]1C(=O)NC(C(=O)N[C@@H](CCCN=C(N)N)C(=O)NCCNC(=O)CN(CCN(CC(=O)O)CC(=O)O)CCN(CC(=O)O)CC(=O)O)Cc2ccc(cc2)OCCCC1C(=O)NO. The third-order valence-corrected chi connectivity index (χ3v) is 10.5. The molecular weight excluding hydrogens is 899 g/mol. The summed E-state index contributed by atoms with van der Waals surface area (Å²) in [4.78, 5) is 121. The molecule has 2 aliphatic rings. The van der Waals surface area contributed by atoms with E-state index in [2.05, 4.69) is 26.3 Å². The van der Waals surface area contributed by atoms with Crippen LogP contribution in [0.4, 0.5) is 0 Å². The lowest BCUT2D eigenvalue weighted by molar-refractivity contribution is -0.143. The summed E-state index contributed by atoms with van der Waals surface area (Å²) in [5.74, 6) is -10.2. The van der Waals surface area contributed by atoms with Crippen LogP contribution in [0.15, 0.2) is 29.3 Å². The van der Waals surface area contributed by atoms with Crippen molar-refractivity contribution in [2.75, 3.05) is 85.1 Å². The first-order valence-electron chi connectivity index (χ1n) is 22.1. The Morgan fingerprint density at radius 3 is 1.85 bits per heavy atom.